The topological polar surface area (TPSA) is 124 Å². The molecule has 0 aliphatic carbocycles. The Morgan fingerprint density at radius 1 is 1.03 bits per heavy atom. The number of imidazole rings is 1. The molecule has 5 heterocycles. The molecule has 0 spiro atoms. The number of aromatic hydroxyl groups is 1. The maximum absolute atomic E-state index is 13.4. The van der Waals surface area contributed by atoms with Gasteiger partial charge in [-0.05, 0) is 37.6 Å². The molecule has 2 aliphatic heterocycles. The lowest BCUT2D eigenvalue weighted by Crippen LogP contribution is -2.19. The first-order valence-electron chi connectivity index (χ1n) is 12.0. The molecule has 2 aromatic carbocycles. The maximum atomic E-state index is 13.4. The highest BCUT2D eigenvalue weighted by Crippen LogP contribution is 2.53. The third kappa shape index (κ3) is 3.23. The Bertz CT molecular complexity index is 1720. The van der Waals surface area contributed by atoms with Crippen LogP contribution in [0.5, 0.6) is 11.8 Å². The zero-order valence-electron chi connectivity index (χ0n) is 20.2. The number of halogens is 2. The molecule has 0 amide bonds. The second-order valence-electron chi connectivity index (χ2n) is 9.95. The monoisotopic (exact) mass is 517 g/mol. The number of benzene rings is 2. The third-order valence-electron chi connectivity index (χ3n) is 7.15. The van der Waals surface area contributed by atoms with Crippen molar-refractivity contribution in [2.24, 2.45) is 0 Å². The molecule has 0 unspecified atom stereocenters. The largest absolute Gasteiger partial charge is 0.479 e. The lowest BCUT2D eigenvalue weighted by Gasteiger charge is -2.21. The molecule has 7 rings (SSSR count). The van der Waals surface area contributed by atoms with Crippen LogP contribution in [0.25, 0.3) is 33.5 Å². The number of alkyl halides is 2. The number of fused-ring (bicyclic) bond motifs is 6. The van der Waals surface area contributed by atoms with E-state index < -0.39 is 24.3 Å². The van der Waals surface area contributed by atoms with Crippen molar-refractivity contribution in [3.63, 3.8) is 0 Å². The highest BCUT2D eigenvalue weighted by atomic mass is 19.3. The molecule has 0 saturated heterocycles. The summed E-state index contributed by atoms with van der Waals surface area (Å²) < 4.78 is 35.4. The van der Waals surface area contributed by atoms with E-state index in [0.717, 1.165) is 16.6 Å². The minimum absolute atomic E-state index is 0.0404. The predicted octanol–water partition coefficient (Wildman–Crippen LogP) is 4.18. The summed E-state index contributed by atoms with van der Waals surface area (Å²) in [7, 11) is 0. The van der Waals surface area contributed by atoms with Crippen molar-refractivity contribution in [2.45, 2.75) is 44.6 Å². The van der Waals surface area contributed by atoms with Crippen molar-refractivity contribution in [1.82, 2.24) is 34.3 Å². The van der Waals surface area contributed by atoms with Gasteiger partial charge in [-0.3, -0.25) is 4.57 Å². The van der Waals surface area contributed by atoms with E-state index >= 15 is 0 Å². The summed E-state index contributed by atoms with van der Waals surface area (Å²) in [4.78, 5) is 13.5. The molecular weight excluding hydrogens is 496 g/mol. The molecule has 5 aromatic rings. The van der Waals surface area contributed by atoms with Crippen molar-refractivity contribution in [3.05, 3.63) is 66.0 Å². The molecule has 0 fully saturated rings. The van der Waals surface area contributed by atoms with Crippen LogP contribution in [0.3, 0.4) is 0 Å². The van der Waals surface area contributed by atoms with Crippen LogP contribution in [0.15, 0.2) is 48.8 Å². The van der Waals surface area contributed by atoms with Crippen molar-refractivity contribution in [1.29, 1.82) is 0 Å². The standard InChI is InChI=1S/C26H21F2N7O3/c1-26(2,37)23-29-10-13(11-30-23)12-6-7-15-16(8-12)34-17-9-18(22(34)31-15)35-21(32-33-25(35)36)14-4-3-5-19(20(14)17)38-24(27)28/h3-8,10-11,17-18,24,37H,9H2,1-2H3,(H,33,36)/t17-,18+/m0/s1. The summed E-state index contributed by atoms with van der Waals surface area (Å²) in [5.74, 6) is 1.38. The van der Waals surface area contributed by atoms with E-state index in [4.69, 9.17) is 9.72 Å². The zero-order valence-corrected chi connectivity index (χ0v) is 20.2. The van der Waals surface area contributed by atoms with Crippen LogP contribution in [-0.2, 0) is 5.60 Å². The van der Waals surface area contributed by atoms with Crippen molar-refractivity contribution in [3.8, 4) is 34.3 Å². The Hall–Kier alpha value is -4.45. The van der Waals surface area contributed by atoms with E-state index in [0.29, 0.717) is 40.5 Å². The molecule has 10 nitrogen and oxygen atoms in total. The minimum Gasteiger partial charge on any atom is -0.479 e. The predicted molar refractivity (Wildman–Crippen MR) is 131 cm³/mol. The normalized spacial score (nSPS) is 17.8. The summed E-state index contributed by atoms with van der Waals surface area (Å²) in [6, 6.07) is 9.52. The van der Waals surface area contributed by atoms with Crippen LogP contribution < -0.4 is 4.74 Å². The second kappa shape index (κ2) is 7.78. The van der Waals surface area contributed by atoms with Crippen LogP contribution in [-0.4, -0.2) is 51.1 Å². The second-order valence-corrected chi connectivity index (χ2v) is 9.95. The number of aromatic nitrogens is 7. The van der Waals surface area contributed by atoms with Gasteiger partial charge in [-0.25, -0.2) is 15.0 Å². The van der Waals surface area contributed by atoms with Crippen LogP contribution in [0.1, 0.15) is 49.6 Å². The van der Waals surface area contributed by atoms with Gasteiger partial charge >= 0.3 is 12.6 Å². The van der Waals surface area contributed by atoms with Gasteiger partial charge in [-0.1, -0.05) is 23.3 Å². The van der Waals surface area contributed by atoms with Gasteiger partial charge in [-0.15, -0.1) is 5.10 Å². The maximum Gasteiger partial charge on any atom is 0.387 e. The first kappa shape index (κ1) is 22.7. The van der Waals surface area contributed by atoms with Gasteiger partial charge in [0.15, 0.2) is 11.6 Å². The summed E-state index contributed by atoms with van der Waals surface area (Å²) >= 11 is 0. The van der Waals surface area contributed by atoms with Crippen LogP contribution in [0.4, 0.5) is 8.78 Å². The summed E-state index contributed by atoms with van der Waals surface area (Å²) in [6.45, 7) is 0.228. The van der Waals surface area contributed by atoms with E-state index in [9.17, 15) is 19.0 Å². The zero-order chi connectivity index (χ0) is 26.3. The van der Waals surface area contributed by atoms with Crippen LogP contribution >= 0.6 is 0 Å². The average molecular weight is 517 g/mol. The molecule has 192 valence electrons. The fourth-order valence-corrected chi connectivity index (χ4v) is 5.57. The molecule has 12 heteroatoms. The Balaban J connectivity index is 1.44. The van der Waals surface area contributed by atoms with E-state index in [-0.39, 0.29) is 11.8 Å². The van der Waals surface area contributed by atoms with Crippen LogP contribution in [0, 0.1) is 0 Å². The number of nitrogens with zero attached hydrogens (tertiary/aromatic N) is 7. The number of hydrogen-bond donors (Lipinski definition) is 2. The quantitative estimate of drug-likeness (QED) is 0.364. The van der Waals surface area contributed by atoms with Gasteiger partial charge in [0.2, 0.25) is 0 Å². The molecule has 0 saturated carbocycles. The lowest BCUT2D eigenvalue weighted by atomic mass is 9.97. The molecule has 38 heavy (non-hydrogen) atoms. The van der Waals surface area contributed by atoms with Gasteiger partial charge < -0.3 is 19.5 Å². The highest BCUT2D eigenvalue weighted by Gasteiger charge is 2.44. The van der Waals surface area contributed by atoms with Gasteiger partial charge in [0, 0.05) is 35.5 Å². The van der Waals surface area contributed by atoms with E-state index in [1.165, 1.54) is 6.07 Å². The van der Waals surface area contributed by atoms with Crippen molar-refractivity contribution >= 4 is 11.0 Å². The molecule has 0 radical (unpaired) electrons. The number of hydrogen-bond acceptors (Lipinski definition) is 8. The number of rotatable bonds is 4. The van der Waals surface area contributed by atoms with Crippen molar-refractivity contribution < 1.29 is 23.7 Å². The third-order valence-corrected chi connectivity index (χ3v) is 7.15. The summed E-state index contributed by atoms with van der Waals surface area (Å²) in [5.41, 5.74) is 2.99. The summed E-state index contributed by atoms with van der Waals surface area (Å²) in [6.07, 6.45) is 3.75. The minimum atomic E-state index is -3.01. The van der Waals surface area contributed by atoms with Gasteiger partial charge in [-0.2, -0.15) is 8.78 Å². The van der Waals surface area contributed by atoms with Gasteiger partial charge in [0.1, 0.15) is 23.2 Å². The van der Waals surface area contributed by atoms with Gasteiger partial charge in [0.05, 0.1) is 17.1 Å². The Morgan fingerprint density at radius 2 is 1.82 bits per heavy atom. The van der Waals surface area contributed by atoms with Crippen LogP contribution in [0.2, 0.25) is 0 Å². The van der Waals surface area contributed by atoms with E-state index in [1.54, 1.807) is 42.9 Å². The Labute approximate surface area is 214 Å². The average Bonchev–Trinajstić information content (AvgIpc) is 3.51. The number of ether oxygens (including phenoxy) is 1. The fourth-order valence-electron chi connectivity index (χ4n) is 5.57. The first-order chi connectivity index (χ1) is 18.2. The Morgan fingerprint density at radius 3 is 2.55 bits per heavy atom. The lowest BCUT2D eigenvalue weighted by molar-refractivity contribution is -0.0506. The number of aliphatic hydroxyl groups is 1. The molecular formula is C26H21F2N7O3. The molecule has 2 bridgehead atoms. The molecule has 3 aromatic heterocycles. The SMILES string of the molecule is CC(C)(O)c1ncc(-c2ccc3nc4n(c3c2)[C@H]2C[C@H]4n3c(O)nnc3-c3cccc(OC(F)F)c32)cn1. The highest BCUT2D eigenvalue weighted by molar-refractivity contribution is 5.84. The van der Waals surface area contributed by atoms with Gasteiger partial charge in [0.25, 0.3) is 0 Å². The molecule has 2 N–H and O–H groups in total. The summed E-state index contributed by atoms with van der Waals surface area (Å²) in [5, 5.41) is 28.8. The smallest absolute Gasteiger partial charge is 0.387 e. The van der Waals surface area contributed by atoms with E-state index in [1.807, 2.05) is 22.8 Å². The van der Waals surface area contributed by atoms with E-state index in [2.05, 4.69) is 20.2 Å². The fraction of sp³-hybridized carbons (Fsp3) is 0.269. The molecule has 2 atom stereocenters. The van der Waals surface area contributed by atoms with Crippen molar-refractivity contribution in [2.75, 3.05) is 0 Å². The Kier molecular flexibility index (Phi) is 4.65. The first-order valence-corrected chi connectivity index (χ1v) is 12.0. The molecule has 2 aliphatic rings.